The second-order valence-corrected chi connectivity index (χ2v) is 8.09. The highest BCUT2D eigenvalue weighted by atomic mass is 16.1. The van der Waals surface area contributed by atoms with Gasteiger partial charge in [-0.15, -0.1) is 0 Å². The summed E-state index contributed by atoms with van der Waals surface area (Å²) in [7, 11) is 0. The molecule has 4 heteroatoms. The number of benzene rings is 2. The zero-order valence-corrected chi connectivity index (χ0v) is 16.4. The number of pyridine rings is 1. The molecule has 2 aliphatic rings. The molecule has 0 bridgehead atoms. The van der Waals surface area contributed by atoms with Crippen molar-refractivity contribution in [3.05, 3.63) is 78.6 Å². The van der Waals surface area contributed by atoms with Gasteiger partial charge in [-0.25, -0.2) is 0 Å². The first-order valence-electron chi connectivity index (χ1n) is 10.4. The predicted octanol–water partition coefficient (Wildman–Crippen LogP) is 4.14. The molecular weight excluding hydrogens is 358 g/mol. The summed E-state index contributed by atoms with van der Waals surface area (Å²) >= 11 is 0. The monoisotopic (exact) mass is 383 g/mol. The van der Waals surface area contributed by atoms with Gasteiger partial charge in [-0.05, 0) is 53.3 Å². The van der Waals surface area contributed by atoms with Gasteiger partial charge >= 0.3 is 0 Å². The van der Waals surface area contributed by atoms with E-state index < -0.39 is 0 Å². The van der Waals surface area contributed by atoms with E-state index in [1.165, 1.54) is 16.5 Å². The Bertz CT molecular complexity index is 1030. The van der Waals surface area contributed by atoms with Crippen molar-refractivity contribution in [2.24, 2.45) is 17.8 Å². The number of amides is 1. The molecular formula is C25H25N3O. The topological polar surface area (TPSA) is 45.2 Å². The number of nitrogens with zero attached hydrogens (tertiary/aromatic N) is 2. The molecule has 1 saturated heterocycles. The minimum atomic E-state index is -0.0305. The lowest BCUT2D eigenvalue weighted by molar-refractivity contribution is -0.116. The van der Waals surface area contributed by atoms with Crippen molar-refractivity contribution in [1.29, 1.82) is 0 Å². The number of hydrogen-bond acceptors (Lipinski definition) is 3. The van der Waals surface area contributed by atoms with Gasteiger partial charge in [-0.3, -0.25) is 9.78 Å². The molecule has 5 rings (SSSR count). The summed E-state index contributed by atoms with van der Waals surface area (Å²) in [6.07, 6.45) is 7.94. The maximum absolute atomic E-state index is 12.0. The third-order valence-corrected chi connectivity index (χ3v) is 6.37. The molecule has 3 aromatic rings. The molecule has 4 nitrogen and oxygen atoms in total. The van der Waals surface area contributed by atoms with Gasteiger partial charge in [0.25, 0.3) is 0 Å². The van der Waals surface area contributed by atoms with Crippen LogP contribution in [0.2, 0.25) is 0 Å². The maximum Gasteiger partial charge on any atom is 0.244 e. The first-order valence-corrected chi connectivity index (χ1v) is 10.4. The van der Waals surface area contributed by atoms with Gasteiger partial charge in [0.05, 0.1) is 0 Å². The van der Waals surface area contributed by atoms with Crippen LogP contribution in [0, 0.1) is 17.8 Å². The largest absolute Gasteiger partial charge is 0.370 e. The highest BCUT2D eigenvalue weighted by molar-refractivity contribution is 5.94. The van der Waals surface area contributed by atoms with E-state index in [0.717, 1.165) is 49.4 Å². The quantitative estimate of drug-likeness (QED) is 0.651. The molecule has 29 heavy (non-hydrogen) atoms. The Labute approximate surface area is 171 Å². The molecule has 1 amide bonds. The molecule has 0 radical (unpaired) electrons. The predicted molar refractivity (Wildman–Crippen MR) is 118 cm³/mol. The molecule has 0 spiro atoms. The van der Waals surface area contributed by atoms with Crippen molar-refractivity contribution in [1.82, 2.24) is 10.3 Å². The molecule has 2 heterocycles. The normalized spacial score (nSPS) is 22.8. The fourth-order valence-corrected chi connectivity index (χ4v) is 4.83. The van der Waals surface area contributed by atoms with E-state index in [4.69, 9.17) is 0 Å². The number of fused-ring (bicyclic) bond motifs is 2. The molecule has 146 valence electrons. The molecule has 1 aromatic heterocycles. The van der Waals surface area contributed by atoms with E-state index in [1.54, 1.807) is 24.5 Å². The Morgan fingerprint density at radius 1 is 1.07 bits per heavy atom. The highest BCUT2D eigenvalue weighted by Crippen LogP contribution is 2.54. The number of piperidine rings is 1. The van der Waals surface area contributed by atoms with Crippen molar-refractivity contribution in [3.8, 4) is 0 Å². The van der Waals surface area contributed by atoms with E-state index in [-0.39, 0.29) is 5.91 Å². The van der Waals surface area contributed by atoms with Crippen LogP contribution in [0.5, 0.6) is 0 Å². The van der Waals surface area contributed by atoms with Crippen molar-refractivity contribution < 1.29 is 4.79 Å². The van der Waals surface area contributed by atoms with Gasteiger partial charge < -0.3 is 10.2 Å². The van der Waals surface area contributed by atoms with Crippen LogP contribution in [-0.4, -0.2) is 30.5 Å². The average Bonchev–Trinajstić information content (AvgIpc) is 3.21. The average molecular weight is 383 g/mol. The minimum Gasteiger partial charge on any atom is -0.370 e. The highest BCUT2D eigenvalue weighted by Gasteiger charge is 2.54. The van der Waals surface area contributed by atoms with Gasteiger partial charge in [-0.2, -0.15) is 0 Å². The van der Waals surface area contributed by atoms with Gasteiger partial charge in [-0.1, -0.05) is 42.5 Å². The number of rotatable bonds is 6. The van der Waals surface area contributed by atoms with Crippen molar-refractivity contribution in [2.75, 3.05) is 24.5 Å². The standard InChI is InChI=1S/C25H25N3O/c29-25(11-10-18-5-4-13-26-15-18)27-14-12-21-22-16-28(17-23(21)22)24-9-3-7-19-6-1-2-8-20(19)24/h1-11,13,15,21-23H,12,14,16-17H2,(H,27,29)/b11-10+. The number of aromatic nitrogens is 1. The van der Waals surface area contributed by atoms with Crippen LogP contribution in [-0.2, 0) is 4.79 Å². The molecule has 2 fully saturated rings. The zero-order chi connectivity index (χ0) is 19.6. The van der Waals surface area contributed by atoms with Crippen LogP contribution < -0.4 is 10.2 Å². The summed E-state index contributed by atoms with van der Waals surface area (Å²) in [4.78, 5) is 18.6. The summed E-state index contributed by atoms with van der Waals surface area (Å²) in [5.74, 6) is 2.27. The van der Waals surface area contributed by atoms with E-state index in [1.807, 2.05) is 12.1 Å². The molecule has 1 aliphatic heterocycles. The van der Waals surface area contributed by atoms with E-state index in [9.17, 15) is 4.79 Å². The Balaban J connectivity index is 1.10. The van der Waals surface area contributed by atoms with Crippen molar-refractivity contribution in [3.63, 3.8) is 0 Å². The second-order valence-electron chi connectivity index (χ2n) is 8.09. The van der Waals surface area contributed by atoms with E-state index in [0.29, 0.717) is 0 Å². The third-order valence-electron chi connectivity index (χ3n) is 6.37. The molecule has 2 unspecified atom stereocenters. The first-order chi connectivity index (χ1) is 14.3. The van der Waals surface area contributed by atoms with E-state index >= 15 is 0 Å². The molecule has 1 aliphatic carbocycles. The Morgan fingerprint density at radius 2 is 1.90 bits per heavy atom. The molecule has 2 aromatic carbocycles. The molecule has 2 atom stereocenters. The minimum absolute atomic E-state index is 0.0305. The van der Waals surface area contributed by atoms with Crippen molar-refractivity contribution in [2.45, 2.75) is 6.42 Å². The lowest BCUT2D eigenvalue weighted by Crippen LogP contribution is -2.26. The van der Waals surface area contributed by atoms with E-state index in [2.05, 4.69) is 57.7 Å². The fourth-order valence-electron chi connectivity index (χ4n) is 4.83. The smallest absolute Gasteiger partial charge is 0.244 e. The summed E-state index contributed by atoms with van der Waals surface area (Å²) in [5.41, 5.74) is 2.30. The maximum atomic E-state index is 12.0. The fraction of sp³-hybridized carbons (Fsp3) is 0.280. The van der Waals surface area contributed by atoms with Gasteiger partial charge in [0.1, 0.15) is 0 Å². The number of carbonyl (C=O) groups is 1. The Morgan fingerprint density at radius 3 is 2.72 bits per heavy atom. The lowest BCUT2D eigenvalue weighted by Gasteiger charge is -2.23. The van der Waals surface area contributed by atoms with Crippen LogP contribution >= 0.6 is 0 Å². The SMILES string of the molecule is O=C(/C=C/c1cccnc1)NCCC1C2CN(c3cccc4ccccc34)CC12. The van der Waals surface area contributed by atoms with Gasteiger partial charge in [0.15, 0.2) is 0 Å². The summed E-state index contributed by atoms with van der Waals surface area (Å²) in [5, 5.41) is 5.68. The lowest BCUT2D eigenvalue weighted by atomic mass is 10.1. The van der Waals surface area contributed by atoms with Crippen LogP contribution in [0.15, 0.2) is 73.1 Å². The first kappa shape index (κ1) is 17.9. The third kappa shape index (κ3) is 3.75. The summed E-state index contributed by atoms with van der Waals surface area (Å²) < 4.78 is 0. The summed E-state index contributed by atoms with van der Waals surface area (Å²) in [6.45, 7) is 3.03. The number of nitrogens with one attached hydrogen (secondary N) is 1. The van der Waals surface area contributed by atoms with Gasteiger partial charge in [0, 0.05) is 49.2 Å². The number of hydrogen-bond donors (Lipinski definition) is 1. The van der Waals surface area contributed by atoms with Crippen LogP contribution in [0.25, 0.3) is 16.8 Å². The zero-order valence-electron chi connectivity index (χ0n) is 16.4. The van der Waals surface area contributed by atoms with Crippen LogP contribution in [0.4, 0.5) is 5.69 Å². The Hall–Kier alpha value is -3.14. The van der Waals surface area contributed by atoms with Crippen LogP contribution in [0.1, 0.15) is 12.0 Å². The second kappa shape index (κ2) is 7.70. The molecule has 1 saturated carbocycles. The van der Waals surface area contributed by atoms with Crippen LogP contribution in [0.3, 0.4) is 0 Å². The summed E-state index contributed by atoms with van der Waals surface area (Å²) in [6, 6.07) is 19.0. The number of carbonyl (C=O) groups excluding carboxylic acids is 1. The van der Waals surface area contributed by atoms with Gasteiger partial charge in [0.2, 0.25) is 5.91 Å². The number of anilines is 1. The molecule has 1 N–H and O–H groups in total. The Kier molecular flexibility index (Phi) is 4.76. The van der Waals surface area contributed by atoms with Crippen molar-refractivity contribution >= 4 is 28.4 Å².